The van der Waals surface area contributed by atoms with Crippen LogP contribution in [0.5, 0.6) is 0 Å². The van der Waals surface area contributed by atoms with Crippen molar-refractivity contribution >= 4 is 23.5 Å². The molecule has 1 aliphatic carbocycles. The van der Waals surface area contributed by atoms with Crippen LogP contribution in [-0.2, 0) is 9.59 Å². The molecule has 2 aromatic carbocycles. The third-order valence-corrected chi connectivity index (χ3v) is 5.11. The lowest BCUT2D eigenvalue weighted by molar-refractivity contribution is -0.145. The van der Waals surface area contributed by atoms with E-state index >= 15 is 0 Å². The normalized spacial score (nSPS) is 14.7. The molecule has 0 heterocycles. The van der Waals surface area contributed by atoms with Gasteiger partial charge in [-0.15, -0.1) is 0 Å². The summed E-state index contributed by atoms with van der Waals surface area (Å²) in [6.45, 7) is 2.12. The number of halogens is 1. The van der Waals surface area contributed by atoms with Crippen LogP contribution in [0.2, 0.25) is 5.02 Å². The fraction of sp³-hybridized carbons (Fsp3) is 0.333. The van der Waals surface area contributed by atoms with Crippen molar-refractivity contribution in [1.29, 1.82) is 0 Å². The third-order valence-electron chi connectivity index (χ3n) is 4.78. The van der Waals surface area contributed by atoms with E-state index in [4.69, 9.17) is 16.7 Å². The topological polar surface area (TPSA) is 57.6 Å². The van der Waals surface area contributed by atoms with Crippen molar-refractivity contribution < 1.29 is 14.7 Å². The first-order valence-electron chi connectivity index (χ1n) is 8.81. The van der Waals surface area contributed by atoms with E-state index < -0.39 is 5.97 Å². The summed E-state index contributed by atoms with van der Waals surface area (Å²) < 4.78 is 0. The molecular formula is C21H22ClNO3. The highest BCUT2D eigenvalue weighted by Gasteiger charge is 2.30. The Balaban J connectivity index is 1.75. The number of aliphatic carboxylic acids is 1. The van der Waals surface area contributed by atoms with Gasteiger partial charge in [0.15, 0.2) is 0 Å². The molecule has 1 saturated carbocycles. The Kier molecular flexibility index (Phi) is 5.62. The summed E-state index contributed by atoms with van der Waals surface area (Å²) in [5.74, 6) is -1.04. The number of benzene rings is 2. The van der Waals surface area contributed by atoms with E-state index in [0.29, 0.717) is 17.5 Å². The van der Waals surface area contributed by atoms with Crippen molar-refractivity contribution in [1.82, 2.24) is 4.90 Å². The molecule has 2 aromatic rings. The molecule has 0 saturated heterocycles. The van der Waals surface area contributed by atoms with Gasteiger partial charge in [0.2, 0.25) is 5.91 Å². The highest BCUT2D eigenvalue weighted by Crippen LogP contribution is 2.32. The van der Waals surface area contributed by atoms with Gasteiger partial charge in [0.1, 0.15) is 6.54 Å². The Bertz CT molecular complexity index is 799. The van der Waals surface area contributed by atoms with Crippen LogP contribution in [0, 0.1) is 5.92 Å². The fourth-order valence-corrected chi connectivity index (χ4v) is 3.32. The van der Waals surface area contributed by atoms with Crippen molar-refractivity contribution in [3.63, 3.8) is 0 Å². The Morgan fingerprint density at radius 3 is 2.38 bits per heavy atom. The number of carbonyl (C=O) groups excluding carboxylic acids is 1. The largest absolute Gasteiger partial charge is 0.480 e. The highest BCUT2D eigenvalue weighted by atomic mass is 35.5. The number of amides is 1. The van der Waals surface area contributed by atoms with Crippen molar-refractivity contribution in [2.24, 2.45) is 5.92 Å². The van der Waals surface area contributed by atoms with Gasteiger partial charge in [-0.1, -0.05) is 54.1 Å². The summed E-state index contributed by atoms with van der Waals surface area (Å²) in [6, 6.07) is 15.3. The van der Waals surface area contributed by atoms with Crippen LogP contribution in [-0.4, -0.2) is 35.0 Å². The molecular weight excluding hydrogens is 350 g/mol. The number of nitrogens with zero attached hydrogens (tertiary/aromatic N) is 1. The quantitative estimate of drug-likeness (QED) is 0.783. The van der Waals surface area contributed by atoms with Crippen LogP contribution in [0.3, 0.4) is 0 Å². The summed E-state index contributed by atoms with van der Waals surface area (Å²) in [5.41, 5.74) is 2.80. The number of carboxylic acids is 1. The molecule has 0 bridgehead atoms. The molecule has 0 aliphatic heterocycles. The summed E-state index contributed by atoms with van der Waals surface area (Å²) in [7, 11) is 0. The maximum absolute atomic E-state index is 12.8. The monoisotopic (exact) mass is 371 g/mol. The number of hydrogen-bond donors (Lipinski definition) is 1. The molecule has 0 aromatic heterocycles. The maximum atomic E-state index is 12.8. The number of rotatable bonds is 7. The first kappa shape index (κ1) is 18.5. The zero-order valence-electron chi connectivity index (χ0n) is 14.7. The average molecular weight is 372 g/mol. The molecule has 0 radical (unpaired) electrons. The second-order valence-corrected chi connectivity index (χ2v) is 7.29. The van der Waals surface area contributed by atoms with Crippen molar-refractivity contribution in [3.8, 4) is 11.1 Å². The van der Waals surface area contributed by atoms with E-state index in [2.05, 4.69) is 0 Å². The molecule has 136 valence electrons. The van der Waals surface area contributed by atoms with Gasteiger partial charge in [0.05, 0.1) is 5.92 Å². The number of carboxylic acid groups (broad SMARTS) is 1. The Labute approximate surface area is 158 Å². The van der Waals surface area contributed by atoms with E-state index in [1.54, 1.807) is 0 Å². The van der Waals surface area contributed by atoms with Crippen LogP contribution in [0.25, 0.3) is 11.1 Å². The molecule has 1 aliphatic rings. The van der Waals surface area contributed by atoms with Crippen molar-refractivity contribution in [3.05, 3.63) is 59.1 Å². The Hall–Kier alpha value is -2.33. The first-order valence-corrected chi connectivity index (χ1v) is 9.19. The van der Waals surface area contributed by atoms with Gasteiger partial charge in [0.25, 0.3) is 0 Å². The second-order valence-electron chi connectivity index (χ2n) is 6.88. The van der Waals surface area contributed by atoms with E-state index in [1.165, 1.54) is 4.90 Å². The summed E-state index contributed by atoms with van der Waals surface area (Å²) in [5, 5.41) is 9.78. The van der Waals surface area contributed by atoms with Gasteiger partial charge in [-0.05, 0) is 42.9 Å². The lowest BCUT2D eigenvalue weighted by atomic mass is 9.96. The summed E-state index contributed by atoms with van der Waals surface area (Å²) in [6.07, 6.45) is 2.15. The predicted octanol–water partition coefficient (Wildman–Crippen LogP) is 4.43. The van der Waals surface area contributed by atoms with Crippen molar-refractivity contribution in [2.45, 2.75) is 25.7 Å². The Morgan fingerprint density at radius 2 is 1.81 bits per heavy atom. The smallest absolute Gasteiger partial charge is 0.323 e. The predicted molar refractivity (Wildman–Crippen MR) is 102 cm³/mol. The van der Waals surface area contributed by atoms with Crippen LogP contribution in [0.1, 0.15) is 31.2 Å². The van der Waals surface area contributed by atoms with Crippen LogP contribution < -0.4 is 0 Å². The van der Waals surface area contributed by atoms with Crippen LogP contribution in [0.15, 0.2) is 48.5 Å². The van der Waals surface area contributed by atoms with Crippen LogP contribution in [0.4, 0.5) is 0 Å². The van der Waals surface area contributed by atoms with Crippen LogP contribution >= 0.6 is 11.6 Å². The molecule has 1 N–H and O–H groups in total. The fourth-order valence-electron chi connectivity index (χ4n) is 3.07. The summed E-state index contributed by atoms with van der Waals surface area (Å²) in [4.78, 5) is 25.4. The van der Waals surface area contributed by atoms with E-state index in [9.17, 15) is 9.59 Å². The average Bonchev–Trinajstić information content (AvgIpc) is 3.44. The minimum Gasteiger partial charge on any atom is -0.480 e. The molecule has 1 unspecified atom stereocenters. The SMILES string of the molecule is CC(C(=O)N(CC(=O)O)CC1CC1)c1ccc(-c2ccccc2Cl)cc1. The van der Waals surface area contributed by atoms with Crippen molar-refractivity contribution in [2.75, 3.05) is 13.1 Å². The highest BCUT2D eigenvalue weighted by molar-refractivity contribution is 6.33. The Morgan fingerprint density at radius 1 is 1.15 bits per heavy atom. The second kappa shape index (κ2) is 7.92. The number of hydrogen-bond acceptors (Lipinski definition) is 2. The van der Waals surface area contributed by atoms with E-state index in [0.717, 1.165) is 29.5 Å². The van der Waals surface area contributed by atoms with Gasteiger partial charge in [0, 0.05) is 17.1 Å². The molecule has 0 spiro atoms. The summed E-state index contributed by atoms with van der Waals surface area (Å²) >= 11 is 6.24. The molecule has 1 amide bonds. The number of carbonyl (C=O) groups is 2. The minimum atomic E-state index is -0.972. The zero-order valence-corrected chi connectivity index (χ0v) is 15.4. The molecule has 5 heteroatoms. The molecule has 1 fully saturated rings. The third kappa shape index (κ3) is 4.44. The maximum Gasteiger partial charge on any atom is 0.323 e. The zero-order chi connectivity index (χ0) is 18.7. The van der Waals surface area contributed by atoms with Gasteiger partial charge < -0.3 is 10.0 Å². The molecule has 26 heavy (non-hydrogen) atoms. The standard InChI is InChI=1S/C21H22ClNO3/c1-14(21(26)23(13-20(24)25)12-15-6-7-15)16-8-10-17(11-9-16)18-4-2-3-5-19(18)22/h2-5,8-11,14-15H,6-7,12-13H2,1H3,(H,24,25). The lowest BCUT2D eigenvalue weighted by Crippen LogP contribution is -2.39. The van der Waals surface area contributed by atoms with E-state index in [-0.39, 0.29) is 18.4 Å². The first-order chi connectivity index (χ1) is 12.5. The van der Waals surface area contributed by atoms with Gasteiger partial charge in [-0.25, -0.2) is 0 Å². The van der Waals surface area contributed by atoms with Gasteiger partial charge in [-0.3, -0.25) is 9.59 Å². The molecule has 3 rings (SSSR count). The van der Waals surface area contributed by atoms with Gasteiger partial charge >= 0.3 is 5.97 Å². The van der Waals surface area contributed by atoms with E-state index in [1.807, 2.05) is 55.5 Å². The molecule has 4 nitrogen and oxygen atoms in total. The minimum absolute atomic E-state index is 0.134. The molecule has 1 atom stereocenters. The lowest BCUT2D eigenvalue weighted by Gasteiger charge is -2.24. The van der Waals surface area contributed by atoms with Gasteiger partial charge in [-0.2, -0.15) is 0 Å².